The van der Waals surface area contributed by atoms with E-state index in [0.717, 1.165) is 19.5 Å². The van der Waals surface area contributed by atoms with Crippen LogP contribution in [0, 0.1) is 5.41 Å². The molecule has 1 heterocycles. The Hall–Kier alpha value is -1.02. The molecule has 0 spiro atoms. The van der Waals surface area contributed by atoms with E-state index in [9.17, 15) is 0 Å². The highest BCUT2D eigenvalue weighted by Crippen LogP contribution is 2.34. The van der Waals surface area contributed by atoms with Crippen molar-refractivity contribution in [3.63, 3.8) is 0 Å². The zero-order valence-electron chi connectivity index (χ0n) is 12.7. The Morgan fingerprint density at radius 2 is 1.95 bits per heavy atom. The highest BCUT2D eigenvalue weighted by atomic mass is 15.1. The fourth-order valence-corrected chi connectivity index (χ4v) is 2.97. The van der Waals surface area contributed by atoms with Crippen LogP contribution in [0.1, 0.15) is 58.1 Å². The minimum absolute atomic E-state index is 0.160. The van der Waals surface area contributed by atoms with Gasteiger partial charge in [0.15, 0.2) is 0 Å². The summed E-state index contributed by atoms with van der Waals surface area (Å²) in [5.74, 6) is 0. The summed E-state index contributed by atoms with van der Waals surface area (Å²) < 4.78 is 0. The Kier molecular flexibility index (Phi) is 4.51. The van der Waals surface area contributed by atoms with Gasteiger partial charge in [0, 0.05) is 24.8 Å². The van der Waals surface area contributed by atoms with E-state index in [1.807, 2.05) is 0 Å². The summed E-state index contributed by atoms with van der Waals surface area (Å²) >= 11 is 0. The Labute approximate surface area is 118 Å². The number of rotatable bonds is 3. The van der Waals surface area contributed by atoms with Crippen molar-refractivity contribution >= 4 is 5.69 Å². The smallest absolute Gasteiger partial charge is 0.0414 e. The van der Waals surface area contributed by atoms with Gasteiger partial charge >= 0.3 is 0 Å². The molecule has 1 aliphatic heterocycles. The van der Waals surface area contributed by atoms with Crippen LogP contribution in [0.4, 0.5) is 5.69 Å². The van der Waals surface area contributed by atoms with Crippen LogP contribution in [0.2, 0.25) is 0 Å². The molecule has 0 saturated carbocycles. The van der Waals surface area contributed by atoms with Gasteiger partial charge in [0.25, 0.3) is 0 Å². The monoisotopic (exact) mass is 260 g/mol. The first-order chi connectivity index (χ1) is 9.03. The molecule has 2 heteroatoms. The van der Waals surface area contributed by atoms with Crippen LogP contribution in [0.5, 0.6) is 0 Å². The predicted octanol–water partition coefficient (Wildman–Crippen LogP) is 4.11. The molecular weight excluding hydrogens is 232 g/mol. The summed E-state index contributed by atoms with van der Waals surface area (Å²) in [4.78, 5) is 2.54. The molecule has 1 aromatic carbocycles. The lowest BCUT2D eigenvalue weighted by Gasteiger charge is -2.28. The van der Waals surface area contributed by atoms with Gasteiger partial charge in [-0.15, -0.1) is 0 Å². The first-order valence-corrected chi connectivity index (χ1v) is 7.63. The van der Waals surface area contributed by atoms with E-state index in [1.165, 1.54) is 30.5 Å². The summed E-state index contributed by atoms with van der Waals surface area (Å²) in [6.07, 6.45) is 4.87. The quantitative estimate of drug-likeness (QED) is 0.886. The van der Waals surface area contributed by atoms with Crippen molar-refractivity contribution in [3.05, 3.63) is 29.8 Å². The second-order valence-electron chi connectivity index (χ2n) is 6.58. The highest BCUT2D eigenvalue weighted by molar-refractivity contribution is 5.55. The van der Waals surface area contributed by atoms with E-state index in [0.29, 0.717) is 5.41 Å². The Morgan fingerprint density at radius 1 is 1.21 bits per heavy atom. The molecule has 1 aliphatic rings. The number of hydrogen-bond donors (Lipinski definition) is 1. The van der Waals surface area contributed by atoms with Crippen molar-refractivity contribution in [1.29, 1.82) is 0 Å². The number of benzene rings is 1. The lowest BCUT2D eigenvalue weighted by molar-refractivity contribution is 0.325. The molecule has 1 unspecified atom stereocenters. The molecule has 0 aromatic heterocycles. The summed E-state index contributed by atoms with van der Waals surface area (Å²) in [6, 6.07) is 8.84. The lowest BCUT2D eigenvalue weighted by Crippen LogP contribution is -2.27. The third-order valence-corrected chi connectivity index (χ3v) is 4.46. The van der Waals surface area contributed by atoms with Gasteiger partial charge < -0.3 is 10.6 Å². The largest absolute Gasteiger partial charge is 0.371 e. The van der Waals surface area contributed by atoms with Crippen molar-refractivity contribution in [2.75, 3.05) is 18.0 Å². The summed E-state index contributed by atoms with van der Waals surface area (Å²) in [5, 5.41) is 0. The van der Waals surface area contributed by atoms with Crippen LogP contribution in [0.3, 0.4) is 0 Å². The number of nitrogens with two attached hydrogens (primary N) is 1. The van der Waals surface area contributed by atoms with Crippen molar-refractivity contribution in [3.8, 4) is 0 Å². The average Bonchev–Trinajstić information content (AvgIpc) is 2.59. The van der Waals surface area contributed by atoms with Crippen LogP contribution < -0.4 is 10.6 Å². The second-order valence-corrected chi connectivity index (χ2v) is 6.58. The van der Waals surface area contributed by atoms with E-state index in [1.54, 1.807) is 0 Å². The van der Waals surface area contributed by atoms with Gasteiger partial charge in [-0.3, -0.25) is 0 Å². The van der Waals surface area contributed by atoms with Crippen LogP contribution in [-0.2, 0) is 0 Å². The number of hydrogen-bond acceptors (Lipinski definition) is 2. The Balaban J connectivity index is 2.22. The van der Waals surface area contributed by atoms with Gasteiger partial charge in [0.2, 0.25) is 0 Å². The number of anilines is 1. The molecule has 0 radical (unpaired) electrons. The maximum absolute atomic E-state index is 6.27. The standard InChI is InChI=1S/C17H28N2/c1-4-15(18)14-8-5-6-9-16(14)19-12-7-10-17(2,3)11-13-19/h5-6,8-9,15H,4,7,10-13,18H2,1-3H3. The zero-order chi connectivity index (χ0) is 13.9. The first-order valence-electron chi connectivity index (χ1n) is 7.63. The van der Waals surface area contributed by atoms with Crippen molar-refractivity contribution in [2.45, 2.75) is 52.5 Å². The molecule has 0 aliphatic carbocycles. The molecule has 19 heavy (non-hydrogen) atoms. The zero-order valence-corrected chi connectivity index (χ0v) is 12.7. The topological polar surface area (TPSA) is 29.3 Å². The molecule has 2 rings (SSSR count). The second kappa shape index (κ2) is 5.96. The molecule has 1 saturated heterocycles. The van der Waals surface area contributed by atoms with Crippen molar-refractivity contribution in [1.82, 2.24) is 0 Å². The molecule has 1 aromatic rings. The molecular formula is C17H28N2. The molecule has 1 fully saturated rings. The highest BCUT2D eigenvalue weighted by Gasteiger charge is 2.24. The van der Waals surface area contributed by atoms with Gasteiger partial charge in [0.05, 0.1) is 0 Å². The molecule has 0 bridgehead atoms. The van der Waals surface area contributed by atoms with E-state index in [-0.39, 0.29) is 6.04 Å². The third kappa shape index (κ3) is 3.50. The van der Waals surface area contributed by atoms with Gasteiger partial charge in [-0.1, -0.05) is 39.0 Å². The van der Waals surface area contributed by atoms with Gasteiger partial charge in [0.1, 0.15) is 0 Å². The number of nitrogens with zero attached hydrogens (tertiary/aromatic N) is 1. The summed E-state index contributed by atoms with van der Waals surface area (Å²) in [5.41, 5.74) is 9.42. The molecule has 0 amide bonds. The Bertz CT molecular complexity index is 411. The number of para-hydroxylation sites is 1. The van der Waals surface area contributed by atoms with Gasteiger partial charge in [-0.05, 0) is 42.7 Å². The van der Waals surface area contributed by atoms with Gasteiger partial charge in [-0.25, -0.2) is 0 Å². The minimum Gasteiger partial charge on any atom is -0.371 e. The maximum atomic E-state index is 6.27. The molecule has 2 N–H and O–H groups in total. The Morgan fingerprint density at radius 3 is 2.68 bits per heavy atom. The van der Waals surface area contributed by atoms with Crippen LogP contribution >= 0.6 is 0 Å². The van der Waals surface area contributed by atoms with E-state index in [4.69, 9.17) is 5.73 Å². The molecule has 2 nitrogen and oxygen atoms in total. The minimum atomic E-state index is 0.160. The van der Waals surface area contributed by atoms with Crippen molar-refractivity contribution < 1.29 is 0 Å². The van der Waals surface area contributed by atoms with Gasteiger partial charge in [-0.2, -0.15) is 0 Å². The van der Waals surface area contributed by atoms with Crippen LogP contribution in [0.25, 0.3) is 0 Å². The van der Waals surface area contributed by atoms with E-state index in [2.05, 4.69) is 49.9 Å². The van der Waals surface area contributed by atoms with E-state index < -0.39 is 0 Å². The van der Waals surface area contributed by atoms with Crippen LogP contribution in [-0.4, -0.2) is 13.1 Å². The van der Waals surface area contributed by atoms with Crippen LogP contribution in [0.15, 0.2) is 24.3 Å². The third-order valence-electron chi connectivity index (χ3n) is 4.46. The average molecular weight is 260 g/mol. The predicted molar refractivity (Wildman–Crippen MR) is 83.5 cm³/mol. The van der Waals surface area contributed by atoms with E-state index >= 15 is 0 Å². The lowest BCUT2D eigenvalue weighted by atomic mass is 9.85. The molecule has 106 valence electrons. The maximum Gasteiger partial charge on any atom is 0.0414 e. The fourth-order valence-electron chi connectivity index (χ4n) is 2.97. The normalized spacial score (nSPS) is 20.9. The fraction of sp³-hybridized carbons (Fsp3) is 0.647. The SMILES string of the molecule is CCC(N)c1ccccc1N1CCCC(C)(C)CC1. The first kappa shape index (κ1) is 14.4. The molecule has 1 atom stereocenters. The summed E-state index contributed by atoms with van der Waals surface area (Å²) in [6.45, 7) is 9.25. The van der Waals surface area contributed by atoms with Crippen molar-refractivity contribution in [2.24, 2.45) is 11.1 Å². The summed E-state index contributed by atoms with van der Waals surface area (Å²) in [7, 11) is 0.